The van der Waals surface area contributed by atoms with Gasteiger partial charge >= 0.3 is 5.97 Å². The Hall–Kier alpha value is -2.11. The molecule has 0 amide bonds. The van der Waals surface area contributed by atoms with Gasteiger partial charge in [-0.2, -0.15) is 0 Å². The molecule has 6 heteroatoms. The first-order chi connectivity index (χ1) is 9.52. The van der Waals surface area contributed by atoms with Crippen molar-refractivity contribution in [1.29, 1.82) is 0 Å². The van der Waals surface area contributed by atoms with E-state index in [1.807, 2.05) is 0 Å². The van der Waals surface area contributed by atoms with Crippen molar-refractivity contribution in [1.82, 2.24) is 0 Å². The third-order valence-electron chi connectivity index (χ3n) is 3.75. The maximum absolute atomic E-state index is 11.4. The van der Waals surface area contributed by atoms with Gasteiger partial charge < -0.3 is 10.0 Å². The summed E-state index contributed by atoms with van der Waals surface area (Å²) in [6.45, 7) is 2.22. The Labute approximate surface area is 117 Å². The minimum atomic E-state index is -0.914. The number of carboxylic acids is 1. The molecule has 1 unspecified atom stereocenters. The average molecular weight is 278 g/mol. The minimum absolute atomic E-state index is 0.0145. The Morgan fingerprint density at radius 2 is 2.15 bits per heavy atom. The number of nitro groups is 1. The molecule has 0 aromatic heterocycles. The number of carbonyl (C=O) groups is 1. The third-order valence-corrected chi connectivity index (χ3v) is 3.75. The second kappa shape index (κ2) is 5.90. The number of anilines is 1. The average Bonchev–Trinajstić information content (AvgIpc) is 2.63. The van der Waals surface area contributed by atoms with Crippen LogP contribution in [0.5, 0.6) is 0 Å². The number of nitrogens with zero attached hydrogens (tertiary/aromatic N) is 2. The zero-order chi connectivity index (χ0) is 14.7. The molecule has 1 fully saturated rings. The first-order valence-electron chi connectivity index (χ1n) is 6.76. The van der Waals surface area contributed by atoms with Crippen molar-refractivity contribution in [2.45, 2.75) is 38.6 Å². The van der Waals surface area contributed by atoms with E-state index in [1.54, 1.807) is 30.0 Å². The van der Waals surface area contributed by atoms with Crippen LogP contribution in [0.1, 0.15) is 31.2 Å². The molecule has 0 bridgehead atoms. The van der Waals surface area contributed by atoms with E-state index in [2.05, 4.69) is 0 Å². The Morgan fingerprint density at radius 3 is 2.80 bits per heavy atom. The second-order valence-electron chi connectivity index (χ2n) is 5.10. The lowest BCUT2D eigenvalue weighted by Gasteiger charge is -2.29. The lowest BCUT2D eigenvalue weighted by atomic mass is 10.1. The topological polar surface area (TPSA) is 83.7 Å². The van der Waals surface area contributed by atoms with Crippen LogP contribution in [0.15, 0.2) is 18.2 Å². The van der Waals surface area contributed by atoms with Crippen molar-refractivity contribution in [2.24, 2.45) is 0 Å². The monoisotopic (exact) mass is 278 g/mol. The third kappa shape index (κ3) is 2.74. The fourth-order valence-electron chi connectivity index (χ4n) is 2.77. The van der Waals surface area contributed by atoms with Gasteiger partial charge in [0.2, 0.25) is 0 Å². The summed E-state index contributed by atoms with van der Waals surface area (Å²) in [6, 6.07) is 4.38. The smallest absolute Gasteiger partial charge is 0.326 e. The predicted molar refractivity (Wildman–Crippen MR) is 75.1 cm³/mol. The molecule has 0 spiro atoms. The van der Waals surface area contributed by atoms with Crippen LogP contribution in [-0.4, -0.2) is 28.6 Å². The van der Waals surface area contributed by atoms with Gasteiger partial charge in [0.15, 0.2) is 0 Å². The SMILES string of the molecule is Cc1cccc(N2CCCCCC2C(=O)O)c1[N+](=O)[O-]. The fourth-order valence-corrected chi connectivity index (χ4v) is 2.77. The maximum Gasteiger partial charge on any atom is 0.326 e. The molecule has 20 heavy (non-hydrogen) atoms. The Bertz CT molecular complexity index is 530. The van der Waals surface area contributed by atoms with Gasteiger partial charge in [0, 0.05) is 12.1 Å². The highest BCUT2D eigenvalue weighted by Crippen LogP contribution is 2.34. The summed E-state index contributed by atoms with van der Waals surface area (Å²) in [5.74, 6) is -0.914. The quantitative estimate of drug-likeness (QED) is 0.679. The van der Waals surface area contributed by atoms with Crippen LogP contribution in [-0.2, 0) is 4.79 Å². The molecule has 1 aliphatic heterocycles. The minimum Gasteiger partial charge on any atom is -0.480 e. The van der Waals surface area contributed by atoms with Crippen LogP contribution >= 0.6 is 0 Å². The number of nitro benzene ring substituents is 1. The van der Waals surface area contributed by atoms with Crippen molar-refractivity contribution in [3.8, 4) is 0 Å². The summed E-state index contributed by atoms with van der Waals surface area (Å²) in [4.78, 5) is 24.0. The first-order valence-corrected chi connectivity index (χ1v) is 6.76. The number of carboxylic acid groups (broad SMARTS) is 1. The van der Waals surface area contributed by atoms with E-state index >= 15 is 0 Å². The van der Waals surface area contributed by atoms with Crippen molar-refractivity contribution in [2.75, 3.05) is 11.4 Å². The van der Waals surface area contributed by atoms with Crippen molar-refractivity contribution in [3.05, 3.63) is 33.9 Å². The van der Waals surface area contributed by atoms with Gasteiger partial charge in [-0.1, -0.05) is 25.0 Å². The molecule has 1 atom stereocenters. The molecule has 1 aromatic carbocycles. The first kappa shape index (κ1) is 14.3. The molecule has 1 N–H and O–H groups in total. The predicted octanol–water partition coefficient (Wildman–Crippen LogP) is 2.74. The molecular formula is C14H18N2O4. The number of hydrogen-bond acceptors (Lipinski definition) is 4. The second-order valence-corrected chi connectivity index (χ2v) is 5.10. The zero-order valence-corrected chi connectivity index (χ0v) is 11.4. The molecule has 2 rings (SSSR count). The van der Waals surface area contributed by atoms with Crippen molar-refractivity contribution in [3.63, 3.8) is 0 Å². The van der Waals surface area contributed by atoms with Crippen LogP contribution < -0.4 is 4.90 Å². The molecule has 108 valence electrons. The maximum atomic E-state index is 11.4. The Morgan fingerprint density at radius 1 is 1.40 bits per heavy atom. The van der Waals surface area contributed by atoms with Gasteiger partial charge in [0.05, 0.1) is 4.92 Å². The standard InChI is InChI=1S/C14H18N2O4/c1-10-6-5-8-11(13(10)16(19)20)15-9-4-2-3-7-12(15)14(17)18/h5-6,8,12H,2-4,7,9H2,1H3,(H,17,18). The highest BCUT2D eigenvalue weighted by atomic mass is 16.6. The van der Waals surface area contributed by atoms with E-state index in [0.717, 1.165) is 19.3 Å². The zero-order valence-electron chi connectivity index (χ0n) is 11.4. The summed E-state index contributed by atoms with van der Waals surface area (Å²) in [6.07, 6.45) is 3.18. The number of aliphatic carboxylic acids is 1. The molecule has 1 saturated heterocycles. The van der Waals surface area contributed by atoms with Crippen LogP contribution in [0, 0.1) is 17.0 Å². The van der Waals surface area contributed by atoms with Crippen LogP contribution in [0.3, 0.4) is 0 Å². The Kier molecular flexibility index (Phi) is 4.22. The molecule has 1 heterocycles. The van der Waals surface area contributed by atoms with Crippen molar-refractivity contribution < 1.29 is 14.8 Å². The molecule has 0 saturated carbocycles. The number of hydrogen-bond donors (Lipinski definition) is 1. The normalized spacial score (nSPS) is 19.4. The number of para-hydroxylation sites is 1. The Balaban J connectivity index is 2.49. The van der Waals surface area contributed by atoms with E-state index in [0.29, 0.717) is 24.2 Å². The van der Waals surface area contributed by atoms with Crippen LogP contribution in [0.2, 0.25) is 0 Å². The van der Waals surface area contributed by atoms with Gasteiger partial charge in [-0.05, 0) is 25.8 Å². The largest absolute Gasteiger partial charge is 0.480 e. The van der Waals surface area contributed by atoms with Crippen LogP contribution in [0.25, 0.3) is 0 Å². The molecular weight excluding hydrogens is 260 g/mol. The molecule has 0 radical (unpaired) electrons. The van der Waals surface area contributed by atoms with Gasteiger partial charge in [0.1, 0.15) is 11.7 Å². The summed E-state index contributed by atoms with van der Waals surface area (Å²) in [5, 5.41) is 20.7. The van der Waals surface area contributed by atoms with E-state index in [9.17, 15) is 20.0 Å². The van der Waals surface area contributed by atoms with E-state index in [1.165, 1.54) is 0 Å². The number of benzene rings is 1. The summed E-state index contributed by atoms with van der Waals surface area (Å²) >= 11 is 0. The lowest BCUT2D eigenvalue weighted by Crippen LogP contribution is -2.41. The number of aryl methyl sites for hydroxylation is 1. The molecule has 0 aliphatic carbocycles. The van der Waals surface area contributed by atoms with Gasteiger partial charge in [0.25, 0.3) is 5.69 Å². The molecule has 6 nitrogen and oxygen atoms in total. The summed E-state index contributed by atoms with van der Waals surface area (Å²) in [5.41, 5.74) is 0.992. The van der Waals surface area contributed by atoms with Gasteiger partial charge in [-0.3, -0.25) is 10.1 Å². The summed E-state index contributed by atoms with van der Waals surface area (Å²) in [7, 11) is 0. The highest BCUT2D eigenvalue weighted by Gasteiger charge is 2.32. The van der Waals surface area contributed by atoms with E-state index < -0.39 is 16.9 Å². The molecule has 1 aromatic rings. The van der Waals surface area contributed by atoms with E-state index in [4.69, 9.17) is 0 Å². The highest BCUT2D eigenvalue weighted by molar-refractivity contribution is 5.80. The summed E-state index contributed by atoms with van der Waals surface area (Å²) < 4.78 is 0. The lowest BCUT2D eigenvalue weighted by molar-refractivity contribution is -0.384. The van der Waals surface area contributed by atoms with Gasteiger partial charge in [-0.15, -0.1) is 0 Å². The fraction of sp³-hybridized carbons (Fsp3) is 0.500. The van der Waals surface area contributed by atoms with E-state index in [-0.39, 0.29) is 5.69 Å². The van der Waals surface area contributed by atoms with Gasteiger partial charge in [-0.25, -0.2) is 4.79 Å². The molecule has 1 aliphatic rings. The van der Waals surface area contributed by atoms with Crippen LogP contribution in [0.4, 0.5) is 11.4 Å². The number of rotatable bonds is 3. The van der Waals surface area contributed by atoms with Crippen molar-refractivity contribution >= 4 is 17.3 Å².